The lowest BCUT2D eigenvalue weighted by molar-refractivity contribution is 0.0943. The number of hydrogen-bond donors (Lipinski definition) is 2. The van der Waals surface area contributed by atoms with Crippen LogP contribution in [-0.4, -0.2) is 36.8 Å². The number of rotatable bonds is 11. The first-order valence-corrected chi connectivity index (χ1v) is 12.5. The molecule has 34 heavy (non-hydrogen) atoms. The second-order valence-corrected chi connectivity index (χ2v) is 9.73. The van der Waals surface area contributed by atoms with E-state index in [0.29, 0.717) is 11.3 Å². The summed E-state index contributed by atoms with van der Waals surface area (Å²) in [6.45, 7) is 4.20. The molecule has 0 unspecified atom stereocenters. The fourth-order valence-electron chi connectivity index (χ4n) is 3.14. The molecule has 0 radical (unpaired) electrons. The van der Waals surface area contributed by atoms with Crippen molar-refractivity contribution in [2.75, 3.05) is 6.61 Å². The molecule has 2 N–H and O–H groups in total. The third kappa shape index (κ3) is 7.82. The lowest BCUT2D eigenvalue weighted by Crippen LogP contribution is -2.31. The Labute approximate surface area is 198 Å². The summed E-state index contributed by atoms with van der Waals surface area (Å²) in [6, 6.07) is 18.7. The van der Waals surface area contributed by atoms with E-state index in [-0.39, 0.29) is 42.7 Å². The highest BCUT2D eigenvalue weighted by Gasteiger charge is 2.13. The SMILES string of the molecule is CC(C)NS(=O)(=O)Cc1ccc(CNC(=O)c2ccc(=O)n(CCOc3ccccc3)n2)cc1. The Morgan fingerprint density at radius 2 is 1.68 bits per heavy atom. The minimum atomic E-state index is -3.40. The van der Waals surface area contributed by atoms with Crippen molar-refractivity contribution in [3.63, 3.8) is 0 Å². The lowest BCUT2D eigenvalue weighted by atomic mass is 10.1. The first kappa shape index (κ1) is 25.1. The van der Waals surface area contributed by atoms with E-state index in [9.17, 15) is 18.0 Å². The second kappa shape index (κ2) is 11.6. The van der Waals surface area contributed by atoms with Gasteiger partial charge in [0.1, 0.15) is 18.1 Å². The van der Waals surface area contributed by atoms with Crippen molar-refractivity contribution in [3.8, 4) is 5.75 Å². The first-order valence-electron chi connectivity index (χ1n) is 10.8. The first-order chi connectivity index (χ1) is 16.2. The van der Waals surface area contributed by atoms with Gasteiger partial charge < -0.3 is 10.1 Å². The summed E-state index contributed by atoms with van der Waals surface area (Å²) in [6.07, 6.45) is 0. The number of ether oxygens (including phenoxy) is 1. The Balaban J connectivity index is 1.54. The van der Waals surface area contributed by atoms with Gasteiger partial charge in [0.25, 0.3) is 11.5 Å². The highest BCUT2D eigenvalue weighted by Crippen LogP contribution is 2.09. The van der Waals surface area contributed by atoms with E-state index >= 15 is 0 Å². The largest absolute Gasteiger partial charge is 0.492 e. The van der Waals surface area contributed by atoms with Crippen LogP contribution in [0.2, 0.25) is 0 Å². The maximum absolute atomic E-state index is 12.5. The maximum atomic E-state index is 12.5. The van der Waals surface area contributed by atoms with E-state index in [1.807, 2.05) is 30.3 Å². The molecule has 180 valence electrons. The summed E-state index contributed by atoms with van der Waals surface area (Å²) >= 11 is 0. The number of nitrogens with one attached hydrogen (secondary N) is 2. The molecule has 0 atom stereocenters. The fraction of sp³-hybridized carbons (Fsp3) is 0.292. The smallest absolute Gasteiger partial charge is 0.271 e. The molecule has 1 heterocycles. The van der Waals surface area contributed by atoms with Crippen LogP contribution in [0.1, 0.15) is 35.5 Å². The molecule has 1 aromatic heterocycles. The Bertz CT molecular complexity index is 1260. The standard InChI is InChI=1S/C24H28N4O5S/c1-18(2)27-34(31,32)17-20-10-8-19(9-11-20)16-25-24(30)22-12-13-23(29)28(26-22)14-15-33-21-6-4-3-5-7-21/h3-13,18,27H,14-17H2,1-2H3,(H,25,30). The van der Waals surface area contributed by atoms with Gasteiger partial charge in [-0.15, -0.1) is 0 Å². The molecule has 0 aliphatic rings. The van der Waals surface area contributed by atoms with Crippen molar-refractivity contribution >= 4 is 15.9 Å². The van der Waals surface area contributed by atoms with E-state index in [1.165, 1.54) is 16.8 Å². The number of nitrogens with zero attached hydrogens (tertiary/aromatic N) is 2. The van der Waals surface area contributed by atoms with Gasteiger partial charge in [-0.2, -0.15) is 5.10 Å². The average molecular weight is 485 g/mol. The summed E-state index contributed by atoms with van der Waals surface area (Å²) in [4.78, 5) is 24.6. The van der Waals surface area contributed by atoms with E-state index in [0.717, 1.165) is 5.56 Å². The van der Waals surface area contributed by atoms with Crippen LogP contribution in [0.3, 0.4) is 0 Å². The normalized spacial score (nSPS) is 11.4. The van der Waals surface area contributed by atoms with Crippen molar-refractivity contribution < 1.29 is 17.9 Å². The van der Waals surface area contributed by atoms with Crippen LogP contribution < -0.4 is 20.3 Å². The van der Waals surface area contributed by atoms with Crippen molar-refractivity contribution in [3.05, 3.63) is 93.9 Å². The third-order valence-electron chi connectivity index (χ3n) is 4.66. The van der Waals surface area contributed by atoms with Crippen molar-refractivity contribution in [2.45, 2.75) is 38.7 Å². The molecule has 0 aliphatic carbocycles. The number of aromatic nitrogens is 2. The molecule has 1 amide bonds. The van der Waals surface area contributed by atoms with Crippen LogP contribution in [0.4, 0.5) is 0 Å². The minimum Gasteiger partial charge on any atom is -0.492 e. The van der Waals surface area contributed by atoms with Gasteiger partial charge in [-0.1, -0.05) is 42.5 Å². The summed E-state index contributed by atoms with van der Waals surface area (Å²) in [5, 5.41) is 6.89. The van der Waals surface area contributed by atoms with Gasteiger partial charge in [-0.25, -0.2) is 17.8 Å². The molecule has 0 aliphatic heterocycles. The molecule has 0 spiro atoms. The van der Waals surface area contributed by atoms with E-state index in [1.54, 1.807) is 38.1 Å². The molecule has 3 rings (SSSR count). The highest BCUT2D eigenvalue weighted by molar-refractivity contribution is 7.88. The molecule has 0 saturated carbocycles. The number of hydrogen-bond acceptors (Lipinski definition) is 6. The predicted octanol–water partition coefficient (Wildman–Crippen LogP) is 2.08. The number of amides is 1. The van der Waals surface area contributed by atoms with Crippen LogP contribution in [0.25, 0.3) is 0 Å². The highest BCUT2D eigenvalue weighted by atomic mass is 32.2. The van der Waals surface area contributed by atoms with Crippen LogP contribution in [-0.2, 0) is 28.9 Å². The summed E-state index contributed by atoms with van der Waals surface area (Å²) in [7, 11) is -3.40. The molecule has 9 nitrogen and oxygen atoms in total. The number of carbonyl (C=O) groups excluding carboxylic acids is 1. The summed E-state index contributed by atoms with van der Waals surface area (Å²) < 4.78 is 33.4. The monoisotopic (exact) mass is 484 g/mol. The zero-order valence-electron chi connectivity index (χ0n) is 19.1. The quantitative estimate of drug-likeness (QED) is 0.430. The van der Waals surface area contributed by atoms with E-state index < -0.39 is 15.9 Å². The van der Waals surface area contributed by atoms with Gasteiger partial charge >= 0.3 is 0 Å². The van der Waals surface area contributed by atoms with E-state index in [4.69, 9.17) is 4.74 Å². The summed E-state index contributed by atoms with van der Waals surface area (Å²) in [5.41, 5.74) is 1.23. The third-order valence-corrected chi connectivity index (χ3v) is 6.21. The van der Waals surface area contributed by atoms with Gasteiger partial charge in [0.2, 0.25) is 10.0 Å². The number of carbonyl (C=O) groups is 1. The number of para-hydroxylation sites is 1. The Hall–Kier alpha value is -3.50. The maximum Gasteiger partial charge on any atom is 0.271 e. The van der Waals surface area contributed by atoms with Gasteiger partial charge in [-0.3, -0.25) is 9.59 Å². The van der Waals surface area contributed by atoms with Crippen LogP contribution in [0, 0.1) is 0 Å². The fourth-order valence-corrected chi connectivity index (χ4v) is 4.58. The van der Waals surface area contributed by atoms with Gasteiger partial charge in [0.15, 0.2) is 0 Å². The number of sulfonamides is 1. The topological polar surface area (TPSA) is 119 Å². The van der Waals surface area contributed by atoms with E-state index in [2.05, 4.69) is 15.1 Å². The lowest BCUT2D eigenvalue weighted by Gasteiger charge is -2.11. The predicted molar refractivity (Wildman–Crippen MR) is 129 cm³/mol. The van der Waals surface area contributed by atoms with Gasteiger partial charge in [-0.05, 0) is 43.2 Å². The van der Waals surface area contributed by atoms with Crippen LogP contribution in [0.5, 0.6) is 5.75 Å². The van der Waals surface area contributed by atoms with Crippen molar-refractivity contribution in [1.29, 1.82) is 0 Å². The number of benzene rings is 2. The molecular formula is C24H28N4O5S. The van der Waals surface area contributed by atoms with Crippen molar-refractivity contribution in [2.24, 2.45) is 0 Å². The molecular weight excluding hydrogens is 456 g/mol. The molecule has 2 aromatic carbocycles. The Morgan fingerprint density at radius 3 is 2.35 bits per heavy atom. The van der Waals surface area contributed by atoms with Gasteiger partial charge in [0, 0.05) is 18.7 Å². The van der Waals surface area contributed by atoms with Crippen molar-refractivity contribution in [1.82, 2.24) is 19.8 Å². The minimum absolute atomic E-state index is 0.113. The average Bonchev–Trinajstić information content (AvgIpc) is 2.79. The summed E-state index contributed by atoms with van der Waals surface area (Å²) in [5.74, 6) is 0.145. The Kier molecular flexibility index (Phi) is 8.55. The molecule has 10 heteroatoms. The molecule has 0 fully saturated rings. The van der Waals surface area contributed by atoms with Gasteiger partial charge in [0.05, 0.1) is 12.3 Å². The Morgan fingerprint density at radius 1 is 1.00 bits per heavy atom. The second-order valence-electron chi connectivity index (χ2n) is 7.97. The molecule has 3 aromatic rings. The van der Waals surface area contributed by atoms with Crippen LogP contribution in [0.15, 0.2) is 71.5 Å². The zero-order chi connectivity index (χ0) is 24.6. The zero-order valence-corrected chi connectivity index (χ0v) is 19.9. The van der Waals surface area contributed by atoms with Crippen LogP contribution >= 0.6 is 0 Å². The molecule has 0 saturated heterocycles. The molecule has 0 bridgehead atoms.